The van der Waals surface area contributed by atoms with Gasteiger partial charge in [-0.05, 0) is 24.3 Å². The van der Waals surface area contributed by atoms with Crippen LogP contribution < -0.4 is 9.80 Å². The minimum atomic E-state index is 0.804. The molecule has 0 spiro atoms. The van der Waals surface area contributed by atoms with Crippen LogP contribution in [0.5, 0.6) is 0 Å². The molecule has 26 heavy (non-hydrogen) atoms. The number of nitrogens with zero attached hydrogens (tertiary/aromatic N) is 4. The molecule has 0 aromatic carbocycles. The van der Waals surface area contributed by atoms with Crippen molar-refractivity contribution in [2.75, 3.05) is 62.4 Å². The van der Waals surface area contributed by atoms with Gasteiger partial charge < -0.3 is 19.3 Å². The first-order valence-corrected chi connectivity index (χ1v) is 10.4. The molecule has 4 rings (SSSR count). The molecule has 138 valence electrons. The molecule has 2 aliphatic heterocycles. The predicted molar refractivity (Wildman–Crippen MR) is 110 cm³/mol. The molecule has 0 saturated carbocycles. The molecular formula is C18H22N4O2S2. The molecule has 0 radical (unpaired) electrons. The lowest BCUT2D eigenvalue weighted by Gasteiger charge is -2.27. The minimum Gasteiger partial charge on any atom is -0.378 e. The number of ether oxygens (including phenoxy) is 2. The van der Waals surface area contributed by atoms with E-state index in [9.17, 15) is 0 Å². The zero-order valence-electron chi connectivity index (χ0n) is 14.5. The van der Waals surface area contributed by atoms with Crippen LogP contribution in [-0.2, 0) is 9.47 Å². The highest BCUT2D eigenvalue weighted by atomic mass is 32.1. The van der Waals surface area contributed by atoms with Crippen molar-refractivity contribution in [2.24, 2.45) is 10.2 Å². The maximum Gasteiger partial charge on any atom is 0.0916 e. The Morgan fingerprint density at radius 1 is 0.692 bits per heavy atom. The van der Waals surface area contributed by atoms with E-state index in [-0.39, 0.29) is 0 Å². The molecule has 8 heteroatoms. The molecule has 6 nitrogen and oxygen atoms in total. The topological polar surface area (TPSA) is 49.7 Å². The molecule has 2 aromatic rings. The van der Waals surface area contributed by atoms with Crippen LogP contribution in [0.15, 0.2) is 34.5 Å². The number of hydrogen-bond donors (Lipinski definition) is 0. The summed E-state index contributed by atoms with van der Waals surface area (Å²) in [5, 5.41) is 10.9. The summed E-state index contributed by atoms with van der Waals surface area (Å²) in [5.74, 6) is 0. The van der Waals surface area contributed by atoms with E-state index in [1.165, 1.54) is 10.0 Å². The fourth-order valence-electron chi connectivity index (χ4n) is 2.91. The van der Waals surface area contributed by atoms with Crippen molar-refractivity contribution in [3.05, 3.63) is 34.0 Å². The average Bonchev–Trinajstić information content (AvgIpc) is 3.37. The van der Waals surface area contributed by atoms with E-state index in [1.807, 2.05) is 12.4 Å². The van der Waals surface area contributed by atoms with Gasteiger partial charge >= 0.3 is 0 Å². The third-order valence-corrected chi connectivity index (χ3v) is 6.47. The second-order valence-electron chi connectivity index (χ2n) is 6.04. The van der Waals surface area contributed by atoms with Crippen LogP contribution in [0.4, 0.5) is 10.0 Å². The SMILES string of the molecule is C(=NN=Cc1ccc(N2CCOCC2)s1)c1ccc(N2CCOCC2)s1. The normalized spacial score (nSPS) is 19.1. The van der Waals surface area contributed by atoms with Crippen LogP contribution in [0.25, 0.3) is 0 Å². The van der Waals surface area contributed by atoms with Gasteiger partial charge in [-0.15, -0.1) is 22.7 Å². The van der Waals surface area contributed by atoms with Crippen LogP contribution in [0, 0.1) is 0 Å². The van der Waals surface area contributed by atoms with Gasteiger partial charge in [0.15, 0.2) is 0 Å². The van der Waals surface area contributed by atoms with Crippen molar-refractivity contribution in [3.63, 3.8) is 0 Å². The van der Waals surface area contributed by atoms with Crippen molar-refractivity contribution in [3.8, 4) is 0 Å². The van der Waals surface area contributed by atoms with Gasteiger partial charge in [0.2, 0.25) is 0 Å². The second-order valence-corrected chi connectivity index (χ2v) is 8.23. The summed E-state index contributed by atoms with van der Waals surface area (Å²) >= 11 is 3.48. The van der Waals surface area contributed by atoms with Gasteiger partial charge in [-0.25, -0.2) is 0 Å². The Morgan fingerprint density at radius 2 is 1.12 bits per heavy atom. The number of hydrogen-bond acceptors (Lipinski definition) is 8. The van der Waals surface area contributed by atoms with Gasteiger partial charge in [-0.3, -0.25) is 0 Å². The van der Waals surface area contributed by atoms with Crippen LogP contribution in [0.1, 0.15) is 9.75 Å². The van der Waals surface area contributed by atoms with Gasteiger partial charge in [-0.2, -0.15) is 10.2 Å². The lowest BCUT2D eigenvalue weighted by Crippen LogP contribution is -2.35. The van der Waals surface area contributed by atoms with Gasteiger partial charge in [0.25, 0.3) is 0 Å². The molecule has 0 unspecified atom stereocenters. The van der Waals surface area contributed by atoms with Crippen LogP contribution in [0.2, 0.25) is 0 Å². The highest BCUT2D eigenvalue weighted by molar-refractivity contribution is 7.18. The van der Waals surface area contributed by atoms with Gasteiger partial charge in [-0.1, -0.05) is 0 Å². The number of thiophene rings is 2. The molecule has 4 heterocycles. The van der Waals surface area contributed by atoms with Crippen LogP contribution in [0.3, 0.4) is 0 Å². The Labute approximate surface area is 161 Å². The number of morpholine rings is 2. The fraction of sp³-hybridized carbons (Fsp3) is 0.444. The van der Waals surface area contributed by atoms with E-state index in [0.29, 0.717) is 0 Å². The van der Waals surface area contributed by atoms with Crippen LogP contribution >= 0.6 is 22.7 Å². The fourth-order valence-corrected chi connectivity index (χ4v) is 4.76. The third-order valence-electron chi connectivity index (χ3n) is 4.31. The average molecular weight is 391 g/mol. The van der Waals surface area contributed by atoms with Crippen molar-refractivity contribution >= 4 is 45.1 Å². The lowest BCUT2D eigenvalue weighted by atomic mass is 10.4. The quantitative estimate of drug-likeness (QED) is 0.582. The Morgan fingerprint density at radius 3 is 1.54 bits per heavy atom. The summed E-state index contributed by atoms with van der Waals surface area (Å²) in [6, 6.07) is 8.48. The summed E-state index contributed by atoms with van der Waals surface area (Å²) in [7, 11) is 0. The molecule has 0 N–H and O–H groups in total. The number of rotatable bonds is 5. The maximum atomic E-state index is 5.40. The smallest absolute Gasteiger partial charge is 0.0916 e. The summed E-state index contributed by atoms with van der Waals surface area (Å²) in [4.78, 5) is 6.94. The van der Waals surface area contributed by atoms with E-state index in [0.717, 1.165) is 62.4 Å². The maximum absolute atomic E-state index is 5.40. The Bertz CT molecular complexity index is 695. The predicted octanol–water partition coefficient (Wildman–Crippen LogP) is 2.94. The molecular weight excluding hydrogens is 368 g/mol. The monoisotopic (exact) mass is 390 g/mol. The first-order chi connectivity index (χ1) is 12.9. The largest absolute Gasteiger partial charge is 0.378 e. The molecule has 2 aromatic heterocycles. The molecule has 2 aliphatic rings. The molecule has 0 amide bonds. The van der Waals surface area contributed by atoms with E-state index in [4.69, 9.17) is 9.47 Å². The molecule has 2 saturated heterocycles. The van der Waals surface area contributed by atoms with Gasteiger partial charge in [0, 0.05) is 35.9 Å². The first-order valence-electron chi connectivity index (χ1n) is 8.80. The Kier molecular flexibility index (Phi) is 5.96. The van der Waals surface area contributed by atoms with Crippen molar-refractivity contribution in [1.29, 1.82) is 0 Å². The standard InChI is InChI=1S/C18H22N4O2S2/c1-3-17(21-5-9-23-10-6-21)25-15(1)13-19-20-14-16-2-4-18(26-16)22-7-11-24-12-8-22/h1-4,13-14H,5-12H2. The van der Waals surface area contributed by atoms with Crippen LogP contribution in [-0.4, -0.2) is 65.0 Å². The van der Waals surface area contributed by atoms with Crippen molar-refractivity contribution in [1.82, 2.24) is 0 Å². The zero-order chi connectivity index (χ0) is 17.6. The minimum absolute atomic E-state index is 0.804. The highest BCUT2D eigenvalue weighted by Crippen LogP contribution is 2.26. The molecule has 0 atom stereocenters. The summed E-state index contributed by atoms with van der Waals surface area (Å²) in [5.41, 5.74) is 0. The Balaban J connectivity index is 1.32. The summed E-state index contributed by atoms with van der Waals surface area (Å²) < 4.78 is 10.8. The molecule has 0 aliphatic carbocycles. The summed E-state index contributed by atoms with van der Waals surface area (Å²) in [6.07, 6.45) is 3.64. The lowest BCUT2D eigenvalue weighted by molar-refractivity contribution is 0.123. The van der Waals surface area contributed by atoms with E-state index < -0.39 is 0 Å². The molecule has 2 fully saturated rings. The van der Waals surface area contributed by atoms with E-state index in [2.05, 4.69) is 44.3 Å². The highest BCUT2D eigenvalue weighted by Gasteiger charge is 2.13. The first kappa shape index (κ1) is 17.7. The van der Waals surface area contributed by atoms with Gasteiger partial charge in [0.1, 0.15) is 0 Å². The zero-order valence-corrected chi connectivity index (χ0v) is 16.2. The Hall–Kier alpha value is -1.74. The second kappa shape index (κ2) is 8.77. The third kappa shape index (κ3) is 4.50. The van der Waals surface area contributed by atoms with E-state index >= 15 is 0 Å². The van der Waals surface area contributed by atoms with Crippen molar-refractivity contribution < 1.29 is 9.47 Å². The molecule has 0 bridgehead atoms. The number of anilines is 2. The summed E-state index contributed by atoms with van der Waals surface area (Å²) in [6.45, 7) is 7.05. The van der Waals surface area contributed by atoms with Gasteiger partial charge in [0.05, 0.1) is 48.9 Å². The van der Waals surface area contributed by atoms with Crippen molar-refractivity contribution in [2.45, 2.75) is 0 Å². The van der Waals surface area contributed by atoms with E-state index in [1.54, 1.807) is 22.7 Å².